The molecule has 2 aromatic rings. The van der Waals surface area contributed by atoms with Gasteiger partial charge in [0.05, 0.1) is 5.56 Å². The molecule has 0 spiro atoms. The molecule has 1 aromatic heterocycles. The molecule has 1 aromatic carbocycles. The van der Waals surface area contributed by atoms with Crippen molar-refractivity contribution in [2.24, 2.45) is 0 Å². The first-order valence-electron chi connectivity index (χ1n) is 9.11. The number of aromatic nitrogens is 1. The van der Waals surface area contributed by atoms with E-state index in [1.807, 2.05) is 32.0 Å². The van der Waals surface area contributed by atoms with Gasteiger partial charge in [0.15, 0.2) is 0 Å². The van der Waals surface area contributed by atoms with Crippen molar-refractivity contribution >= 4 is 5.57 Å². The number of rotatable bonds is 5. The Morgan fingerprint density at radius 3 is 2.60 bits per heavy atom. The summed E-state index contributed by atoms with van der Waals surface area (Å²) in [6.45, 7) is 8.50. The van der Waals surface area contributed by atoms with E-state index in [2.05, 4.69) is 31.0 Å². The van der Waals surface area contributed by atoms with Crippen LogP contribution in [0.25, 0.3) is 5.57 Å². The summed E-state index contributed by atoms with van der Waals surface area (Å²) in [5.41, 5.74) is 3.52. The maximum absolute atomic E-state index is 10.8. The number of aromatic hydroxyl groups is 1. The molecule has 0 bridgehead atoms. The van der Waals surface area contributed by atoms with E-state index in [1.165, 1.54) is 12.8 Å². The summed E-state index contributed by atoms with van der Waals surface area (Å²) < 4.78 is 6.20. The van der Waals surface area contributed by atoms with Crippen molar-refractivity contribution in [1.82, 2.24) is 4.98 Å². The van der Waals surface area contributed by atoms with Crippen molar-refractivity contribution in [3.63, 3.8) is 0 Å². The maximum atomic E-state index is 10.8. The number of phenols is 1. The summed E-state index contributed by atoms with van der Waals surface area (Å²) in [7, 11) is 0. The highest BCUT2D eigenvalue weighted by Gasteiger charge is 2.30. The van der Waals surface area contributed by atoms with Gasteiger partial charge in [0.2, 0.25) is 0 Å². The predicted octanol–water partition coefficient (Wildman–Crippen LogP) is 5.68. The van der Waals surface area contributed by atoms with Gasteiger partial charge in [0.25, 0.3) is 0 Å². The van der Waals surface area contributed by atoms with Crippen LogP contribution >= 0.6 is 0 Å². The van der Waals surface area contributed by atoms with Crippen LogP contribution in [-0.2, 0) is 0 Å². The number of pyridine rings is 1. The molecular formula is C22H27NO2. The summed E-state index contributed by atoms with van der Waals surface area (Å²) >= 11 is 0. The highest BCUT2D eigenvalue weighted by molar-refractivity contribution is 5.87. The molecule has 0 fully saturated rings. The Bertz CT molecular complexity index is 778. The lowest BCUT2D eigenvalue weighted by Crippen LogP contribution is -2.29. The molecule has 25 heavy (non-hydrogen) atoms. The zero-order chi connectivity index (χ0) is 18.0. The Balaban J connectivity index is 2.08. The third-order valence-corrected chi connectivity index (χ3v) is 4.79. The second-order valence-electron chi connectivity index (χ2n) is 7.46. The van der Waals surface area contributed by atoms with Crippen molar-refractivity contribution in [3.05, 3.63) is 59.4 Å². The third-order valence-electron chi connectivity index (χ3n) is 4.79. The van der Waals surface area contributed by atoms with Gasteiger partial charge in [-0.25, -0.2) is 0 Å². The average Bonchev–Trinajstić information content (AvgIpc) is 2.58. The van der Waals surface area contributed by atoms with E-state index in [1.54, 1.807) is 12.4 Å². The zero-order valence-electron chi connectivity index (χ0n) is 15.5. The van der Waals surface area contributed by atoms with Crippen LogP contribution in [0.2, 0.25) is 0 Å². The van der Waals surface area contributed by atoms with Crippen molar-refractivity contribution in [1.29, 1.82) is 0 Å². The van der Waals surface area contributed by atoms with Crippen molar-refractivity contribution < 1.29 is 9.84 Å². The van der Waals surface area contributed by atoms with Crippen molar-refractivity contribution in [3.8, 4) is 11.5 Å². The second-order valence-corrected chi connectivity index (χ2v) is 7.46. The maximum Gasteiger partial charge on any atom is 0.132 e. The predicted molar refractivity (Wildman–Crippen MR) is 102 cm³/mol. The summed E-state index contributed by atoms with van der Waals surface area (Å²) in [5, 5.41) is 10.8. The Kier molecular flexibility index (Phi) is 4.85. The fraction of sp³-hybridized carbons (Fsp3) is 0.409. The molecule has 1 unspecified atom stereocenters. The second kappa shape index (κ2) is 6.91. The first-order chi connectivity index (χ1) is 11.9. The molecule has 1 aliphatic rings. The summed E-state index contributed by atoms with van der Waals surface area (Å²) in [6, 6.07) is 7.93. The quantitative estimate of drug-likeness (QED) is 0.763. The van der Waals surface area contributed by atoms with Crippen LogP contribution in [-0.4, -0.2) is 15.7 Å². The molecule has 1 N–H and O–H groups in total. The molecule has 0 amide bonds. The minimum Gasteiger partial charge on any atom is -0.507 e. The summed E-state index contributed by atoms with van der Waals surface area (Å²) in [5.74, 6) is 1.45. The van der Waals surface area contributed by atoms with E-state index >= 15 is 0 Å². The van der Waals surface area contributed by atoms with E-state index in [9.17, 15) is 5.11 Å². The van der Waals surface area contributed by atoms with Crippen molar-refractivity contribution in [2.75, 3.05) is 0 Å². The smallest absolute Gasteiger partial charge is 0.132 e. The molecule has 0 saturated carbocycles. The summed E-state index contributed by atoms with van der Waals surface area (Å²) in [6.07, 6.45) is 9.11. The SMILES string of the molecule is CCCCC(C)c1cc(O)c2c(c1)OC(C)(C)C=C2c1ccncc1. The molecule has 3 rings (SSSR count). The molecule has 3 heteroatoms. The molecule has 2 heterocycles. The normalized spacial score (nSPS) is 16.6. The van der Waals surface area contributed by atoms with Gasteiger partial charge in [-0.3, -0.25) is 4.98 Å². The lowest BCUT2D eigenvalue weighted by molar-refractivity contribution is 0.157. The zero-order valence-corrected chi connectivity index (χ0v) is 15.5. The molecule has 0 radical (unpaired) electrons. The molecule has 0 saturated heterocycles. The standard InChI is InChI=1S/C22H27NO2/c1-5-6-7-15(2)17-12-19(24)21-18(16-8-10-23-11-9-16)14-22(3,4)25-20(21)13-17/h8-15,24H,5-7H2,1-4H3. The molecule has 132 valence electrons. The number of phenolic OH excluding ortho intramolecular Hbond substituents is 1. The van der Waals surface area contributed by atoms with Crippen molar-refractivity contribution in [2.45, 2.75) is 58.5 Å². The number of fused-ring (bicyclic) bond motifs is 1. The average molecular weight is 337 g/mol. The van der Waals surface area contributed by atoms with Gasteiger partial charge in [0, 0.05) is 12.4 Å². The minimum atomic E-state index is -0.427. The Hall–Kier alpha value is -2.29. The Morgan fingerprint density at radius 2 is 1.92 bits per heavy atom. The number of hydrogen-bond donors (Lipinski definition) is 1. The molecule has 3 nitrogen and oxygen atoms in total. The van der Waals surface area contributed by atoms with E-state index < -0.39 is 5.60 Å². The minimum absolute atomic E-state index is 0.286. The van der Waals surface area contributed by atoms with Crippen LogP contribution < -0.4 is 4.74 Å². The van der Waals surface area contributed by atoms with Crippen LogP contribution in [0.3, 0.4) is 0 Å². The largest absolute Gasteiger partial charge is 0.507 e. The first kappa shape index (κ1) is 17.5. The molecular weight excluding hydrogens is 310 g/mol. The van der Waals surface area contributed by atoms with Gasteiger partial charge in [-0.1, -0.05) is 26.7 Å². The number of nitrogens with zero attached hydrogens (tertiary/aromatic N) is 1. The van der Waals surface area contributed by atoms with Gasteiger partial charge < -0.3 is 9.84 Å². The third kappa shape index (κ3) is 3.71. The Morgan fingerprint density at radius 1 is 1.20 bits per heavy atom. The van der Waals surface area contributed by atoms with Gasteiger partial charge in [-0.2, -0.15) is 0 Å². The lowest BCUT2D eigenvalue weighted by Gasteiger charge is -2.32. The molecule has 1 atom stereocenters. The van der Waals surface area contributed by atoms with Crippen LogP contribution in [0.1, 0.15) is 69.6 Å². The number of hydrogen-bond acceptors (Lipinski definition) is 3. The van der Waals surface area contributed by atoms with Crippen LogP contribution in [0.5, 0.6) is 11.5 Å². The number of ether oxygens (including phenoxy) is 1. The molecule has 0 aliphatic carbocycles. The fourth-order valence-corrected chi connectivity index (χ4v) is 3.43. The topological polar surface area (TPSA) is 42.4 Å². The fourth-order valence-electron chi connectivity index (χ4n) is 3.43. The van der Waals surface area contributed by atoms with Crippen LogP contribution in [0.15, 0.2) is 42.7 Å². The number of unbranched alkanes of at least 4 members (excludes halogenated alkanes) is 1. The van der Waals surface area contributed by atoms with E-state index in [0.29, 0.717) is 5.92 Å². The van der Waals surface area contributed by atoms with Gasteiger partial charge in [-0.05, 0) is 73.2 Å². The van der Waals surface area contributed by atoms with E-state index in [0.717, 1.165) is 34.4 Å². The van der Waals surface area contributed by atoms with E-state index in [4.69, 9.17) is 4.74 Å². The van der Waals surface area contributed by atoms with E-state index in [-0.39, 0.29) is 5.75 Å². The highest BCUT2D eigenvalue weighted by Crippen LogP contribution is 2.45. The molecule has 1 aliphatic heterocycles. The Labute approximate surface area is 150 Å². The number of benzene rings is 1. The van der Waals surface area contributed by atoms with Gasteiger partial charge >= 0.3 is 0 Å². The van der Waals surface area contributed by atoms with Gasteiger partial charge in [-0.15, -0.1) is 0 Å². The lowest BCUT2D eigenvalue weighted by atomic mass is 9.87. The summed E-state index contributed by atoms with van der Waals surface area (Å²) in [4.78, 5) is 4.10. The monoisotopic (exact) mass is 337 g/mol. The van der Waals surface area contributed by atoms with Crippen LogP contribution in [0.4, 0.5) is 0 Å². The first-order valence-corrected chi connectivity index (χ1v) is 9.11. The van der Waals surface area contributed by atoms with Crippen LogP contribution in [0, 0.1) is 0 Å². The highest BCUT2D eigenvalue weighted by atomic mass is 16.5. The van der Waals surface area contributed by atoms with Gasteiger partial charge in [0.1, 0.15) is 17.1 Å².